The van der Waals surface area contributed by atoms with Crippen molar-refractivity contribution in [1.82, 2.24) is 15.1 Å². The standard InChI is InChI=1S/C20H19N3O3/c1-26-20(25)17-7-5-16(6-8-17)19(24)21-13-11-15-3-9-18(10-4-15)23-14-2-12-22-23/h2-10,12,14H,11,13H2,1H3,(H,21,24). The topological polar surface area (TPSA) is 73.2 Å². The van der Waals surface area contributed by atoms with Crippen molar-refractivity contribution in [3.05, 3.63) is 83.7 Å². The number of aromatic nitrogens is 2. The van der Waals surface area contributed by atoms with Gasteiger partial charge in [-0.1, -0.05) is 12.1 Å². The SMILES string of the molecule is COC(=O)c1ccc(C(=O)NCCc2ccc(-n3cccn3)cc2)cc1. The fourth-order valence-electron chi connectivity index (χ4n) is 2.53. The van der Waals surface area contributed by atoms with E-state index < -0.39 is 5.97 Å². The molecule has 0 atom stereocenters. The zero-order valence-corrected chi connectivity index (χ0v) is 14.4. The molecule has 26 heavy (non-hydrogen) atoms. The monoisotopic (exact) mass is 349 g/mol. The van der Waals surface area contributed by atoms with Crippen molar-refractivity contribution >= 4 is 11.9 Å². The Kier molecular flexibility index (Phi) is 5.43. The Bertz CT molecular complexity index is 870. The molecule has 6 heteroatoms. The van der Waals surface area contributed by atoms with E-state index in [-0.39, 0.29) is 5.91 Å². The summed E-state index contributed by atoms with van der Waals surface area (Å²) in [6.07, 6.45) is 4.35. The number of hydrogen-bond donors (Lipinski definition) is 1. The summed E-state index contributed by atoms with van der Waals surface area (Å²) < 4.78 is 6.43. The van der Waals surface area contributed by atoms with Crippen molar-refractivity contribution in [1.29, 1.82) is 0 Å². The van der Waals surface area contributed by atoms with E-state index in [0.717, 1.165) is 17.7 Å². The molecule has 0 fully saturated rings. The summed E-state index contributed by atoms with van der Waals surface area (Å²) in [4.78, 5) is 23.6. The number of methoxy groups -OCH3 is 1. The van der Waals surface area contributed by atoms with E-state index in [1.165, 1.54) is 7.11 Å². The van der Waals surface area contributed by atoms with E-state index in [1.54, 1.807) is 35.1 Å². The molecule has 0 radical (unpaired) electrons. The maximum atomic E-state index is 12.2. The maximum Gasteiger partial charge on any atom is 0.337 e. The molecule has 1 heterocycles. The second-order valence-corrected chi connectivity index (χ2v) is 5.69. The van der Waals surface area contributed by atoms with Gasteiger partial charge >= 0.3 is 5.97 Å². The lowest BCUT2D eigenvalue weighted by molar-refractivity contribution is 0.0600. The van der Waals surface area contributed by atoms with Gasteiger partial charge in [-0.2, -0.15) is 5.10 Å². The van der Waals surface area contributed by atoms with Gasteiger partial charge in [0.1, 0.15) is 0 Å². The minimum atomic E-state index is -0.421. The molecule has 132 valence electrons. The summed E-state index contributed by atoms with van der Waals surface area (Å²) in [5.41, 5.74) is 3.05. The van der Waals surface area contributed by atoms with Gasteiger partial charge < -0.3 is 10.1 Å². The minimum absolute atomic E-state index is 0.172. The van der Waals surface area contributed by atoms with Crippen molar-refractivity contribution in [3.8, 4) is 5.69 Å². The quantitative estimate of drug-likeness (QED) is 0.694. The first-order chi connectivity index (χ1) is 12.7. The van der Waals surface area contributed by atoms with E-state index >= 15 is 0 Å². The van der Waals surface area contributed by atoms with Crippen LogP contribution in [0.3, 0.4) is 0 Å². The van der Waals surface area contributed by atoms with Gasteiger partial charge in [-0.3, -0.25) is 4.79 Å². The highest BCUT2D eigenvalue weighted by Gasteiger charge is 2.08. The summed E-state index contributed by atoms with van der Waals surface area (Å²) in [6, 6.07) is 16.3. The average Bonchev–Trinajstić information content (AvgIpc) is 3.23. The Morgan fingerprint density at radius 2 is 1.73 bits per heavy atom. The molecular weight excluding hydrogens is 330 g/mol. The van der Waals surface area contributed by atoms with Gasteiger partial charge in [0.05, 0.1) is 18.4 Å². The zero-order valence-electron chi connectivity index (χ0n) is 14.4. The molecule has 3 aromatic rings. The second kappa shape index (κ2) is 8.11. The number of nitrogens with one attached hydrogen (secondary N) is 1. The van der Waals surface area contributed by atoms with E-state index in [1.807, 2.05) is 36.5 Å². The van der Waals surface area contributed by atoms with Crippen LogP contribution in [0.2, 0.25) is 0 Å². The Labute approximate surface area is 151 Å². The highest BCUT2D eigenvalue weighted by Crippen LogP contribution is 2.09. The third kappa shape index (κ3) is 4.16. The van der Waals surface area contributed by atoms with Gasteiger partial charge in [0, 0.05) is 24.5 Å². The molecule has 0 spiro atoms. The predicted molar refractivity (Wildman–Crippen MR) is 97.4 cm³/mol. The summed E-state index contributed by atoms with van der Waals surface area (Å²) in [5, 5.41) is 7.07. The van der Waals surface area contributed by atoms with Crippen LogP contribution in [-0.4, -0.2) is 35.3 Å². The molecule has 0 aliphatic rings. The first-order valence-electron chi connectivity index (χ1n) is 8.23. The van der Waals surface area contributed by atoms with Crippen LogP contribution >= 0.6 is 0 Å². The van der Waals surface area contributed by atoms with Gasteiger partial charge in [-0.05, 0) is 54.4 Å². The van der Waals surface area contributed by atoms with Gasteiger partial charge in [0.2, 0.25) is 0 Å². The molecule has 0 saturated heterocycles. The van der Waals surface area contributed by atoms with Crippen molar-refractivity contribution in [3.63, 3.8) is 0 Å². The number of hydrogen-bond acceptors (Lipinski definition) is 4. The van der Waals surface area contributed by atoms with E-state index in [0.29, 0.717) is 17.7 Å². The largest absolute Gasteiger partial charge is 0.465 e. The number of esters is 1. The number of rotatable bonds is 6. The van der Waals surface area contributed by atoms with Gasteiger partial charge in [-0.15, -0.1) is 0 Å². The smallest absolute Gasteiger partial charge is 0.337 e. The van der Waals surface area contributed by atoms with Crippen molar-refractivity contribution in [2.75, 3.05) is 13.7 Å². The Balaban J connectivity index is 1.51. The predicted octanol–water partition coefficient (Wildman–Crippen LogP) is 2.63. The van der Waals surface area contributed by atoms with Gasteiger partial charge in [0.25, 0.3) is 5.91 Å². The lowest BCUT2D eigenvalue weighted by atomic mass is 10.1. The Hall–Kier alpha value is -3.41. The number of carbonyl (C=O) groups is 2. The molecule has 0 aliphatic heterocycles. The van der Waals surface area contributed by atoms with Gasteiger partial charge in [0.15, 0.2) is 0 Å². The normalized spacial score (nSPS) is 10.3. The summed E-state index contributed by atoms with van der Waals surface area (Å²) >= 11 is 0. The molecule has 0 saturated carbocycles. The lowest BCUT2D eigenvalue weighted by Crippen LogP contribution is -2.25. The zero-order chi connectivity index (χ0) is 18.4. The average molecular weight is 349 g/mol. The van der Waals surface area contributed by atoms with Crippen LogP contribution in [0.15, 0.2) is 67.0 Å². The Morgan fingerprint density at radius 3 is 2.35 bits per heavy atom. The molecule has 1 amide bonds. The summed E-state index contributed by atoms with van der Waals surface area (Å²) in [7, 11) is 1.32. The maximum absolute atomic E-state index is 12.2. The molecule has 2 aromatic carbocycles. The van der Waals surface area contributed by atoms with Crippen molar-refractivity contribution in [2.24, 2.45) is 0 Å². The third-order valence-electron chi connectivity index (χ3n) is 3.97. The van der Waals surface area contributed by atoms with E-state index in [2.05, 4.69) is 15.2 Å². The number of ether oxygens (including phenoxy) is 1. The molecule has 6 nitrogen and oxygen atoms in total. The first-order valence-corrected chi connectivity index (χ1v) is 8.23. The summed E-state index contributed by atoms with van der Waals surface area (Å²) in [6.45, 7) is 0.526. The molecular formula is C20H19N3O3. The van der Waals surface area contributed by atoms with Crippen LogP contribution in [0.4, 0.5) is 0 Å². The summed E-state index contributed by atoms with van der Waals surface area (Å²) in [5.74, 6) is -0.593. The lowest BCUT2D eigenvalue weighted by Gasteiger charge is -2.07. The first kappa shape index (κ1) is 17.4. The van der Waals surface area contributed by atoms with Gasteiger partial charge in [-0.25, -0.2) is 9.48 Å². The minimum Gasteiger partial charge on any atom is -0.465 e. The molecule has 3 rings (SSSR count). The molecule has 0 unspecified atom stereocenters. The van der Waals surface area contributed by atoms with Crippen molar-refractivity contribution in [2.45, 2.75) is 6.42 Å². The fourth-order valence-corrected chi connectivity index (χ4v) is 2.53. The number of amides is 1. The third-order valence-corrected chi connectivity index (χ3v) is 3.97. The highest BCUT2D eigenvalue weighted by atomic mass is 16.5. The van der Waals surface area contributed by atoms with E-state index in [9.17, 15) is 9.59 Å². The van der Waals surface area contributed by atoms with Crippen LogP contribution < -0.4 is 5.32 Å². The second-order valence-electron chi connectivity index (χ2n) is 5.69. The van der Waals surface area contributed by atoms with Crippen LogP contribution in [-0.2, 0) is 11.2 Å². The number of carbonyl (C=O) groups excluding carboxylic acids is 2. The molecule has 1 N–H and O–H groups in total. The van der Waals surface area contributed by atoms with E-state index in [4.69, 9.17) is 0 Å². The van der Waals surface area contributed by atoms with Crippen LogP contribution in [0.5, 0.6) is 0 Å². The molecule has 0 bridgehead atoms. The number of benzene rings is 2. The highest BCUT2D eigenvalue weighted by molar-refractivity contribution is 5.96. The molecule has 1 aromatic heterocycles. The Morgan fingerprint density at radius 1 is 1.04 bits per heavy atom. The van der Waals surface area contributed by atoms with Crippen molar-refractivity contribution < 1.29 is 14.3 Å². The fraction of sp³-hybridized carbons (Fsp3) is 0.150. The van der Waals surface area contributed by atoms with Crippen LogP contribution in [0, 0.1) is 0 Å². The van der Waals surface area contributed by atoms with Crippen LogP contribution in [0.25, 0.3) is 5.69 Å². The number of nitrogens with zero attached hydrogens (tertiary/aromatic N) is 2. The molecule has 0 aliphatic carbocycles. The van der Waals surface area contributed by atoms with Crippen LogP contribution in [0.1, 0.15) is 26.3 Å².